The van der Waals surface area contributed by atoms with Crippen molar-refractivity contribution in [2.24, 2.45) is 29.6 Å². The van der Waals surface area contributed by atoms with Crippen LogP contribution >= 0.6 is 0 Å². The standard InChI is InChI=1S/C18H36/c1-14(2)13-17(5)15(3)9-6-7-10-16(4)18-11-8-12-18/h14-18H,6-13H2,1-5H3. The summed E-state index contributed by atoms with van der Waals surface area (Å²) >= 11 is 0. The highest BCUT2D eigenvalue weighted by atomic mass is 14.3. The predicted octanol–water partition coefficient (Wildman–Crippen LogP) is 6.30. The predicted molar refractivity (Wildman–Crippen MR) is 82.8 cm³/mol. The van der Waals surface area contributed by atoms with Crippen LogP contribution in [0.4, 0.5) is 0 Å². The molecule has 0 aliphatic heterocycles. The Kier molecular flexibility index (Phi) is 7.34. The molecular formula is C18H36. The molecule has 1 fully saturated rings. The molecule has 3 unspecified atom stereocenters. The molecule has 0 spiro atoms. The number of hydrogen-bond donors (Lipinski definition) is 0. The van der Waals surface area contributed by atoms with E-state index in [9.17, 15) is 0 Å². The summed E-state index contributed by atoms with van der Waals surface area (Å²) in [5.74, 6) is 4.78. The van der Waals surface area contributed by atoms with E-state index in [0.717, 1.165) is 29.6 Å². The molecule has 3 atom stereocenters. The van der Waals surface area contributed by atoms with Gasteiger partial charge in [0.2, 0.25) is 0 Å². The first-order valence-electron chi connectivity index (χ1n) is 8.50. The minimum Gasteiger partial charge on any atom is -0.0628 e. The molecule has 1 rings (SSSR count). The maximum absolute atomic E-state index is 2.48. The van der Waals surface area contributed by atoms with Gasteiger partial charge in [0.1, 0.15) is 0 Å². The fourth-order valence-corrected chi connectivity index (χ4v) is 3.44. The molecule has 1 aliphatic carbocycles. The lowest BCUT2D eigenvalue weighted by Gasteiger charge is -2.31. The van der Waals surface area contributed by atoms with Gasteiger partial charge in [-0.3, -0.25) is 0 Å². The first kappa shape index (κ1) is 16.1. The monoisotopic (exact) mass is 252 g/mol. The largest absolute Gasteiger partial charge is 0.0628 e. The second-order valence-electron chi connectivity index (χ2n) is 7.54. The summed E-state index contributed by atoms with van der Waals surface area (Å²) in [6.45, 7) is 12.1. The summed E-state index contributed by atoms with van der Waals surface area (Å²) in [4.78, 5) is 0. The molecule has 1 saturated carbocycles. The molecule has 0 nitrogen and oxygen atoms in total. The Labute approximate surface area is 116 Å². The molecule has 0 heterocycles. The Morgan fingerprint density at radius 3 is 1.94 bits per heavy atom. The van der Waals surface area contributed by atoms with E-state index in [1.807, 2.05) is 0 Å². The number of rotatable bonds is 9. The van der Waals surface area contributed by atoms with Gasteiger partial charge in [-0.05, 0) is 36.0 Å². The van der Waals surface area contributed by atoms with Crippen molar-refractivity contribution in [3.63, 3.8) is 0 Å². The summed E-state index contributed by atoms with van der Waals surface area (Å²) in [6, 6.07) is 0. The molecule has 1 aliphatic rings. The van der Waals surface area contributed by atoms with Crippen molar-refractivity contribution in [3.05, 3.63) is 0 Å². The van der Waals surface area contributed by atoms with Gasteiger partial charge >= 0.3 is 0 Å². The summed E-state index contributed by atoms with van der Waals surface area (Å²) < 4.78 is 0. The van der Waals surface area contributed by atoms with Crippen LogP contribution in [-0.2, 0) is 0 Å². The maximum atomic E-state index is 2.48. The van der Waals surface area contributed by atoms with E-state index in [4.69, 9.17) is 0 Å². The lowest BCUT2D eigenvalue weighted by molar-refractivity contribution is 0.204. The van der Waals surface area contributed by atoms with Gasteiger partial charge in [-0.1, -0.05) is 79.6 Å². The topological polar surface area (TPSA) is 0 Å². The molecular weight excluding hydrogens is 216 g/mol. The van der Waals surface area contributed by atoms with E-state index in [2.05, 4.69) is 34.6 Å². The average Bonchev–Trinajstić information content (AvgIpc) is 2.20. The zero-order valence-corrected chi connectivity index (χ0v) is 13.5. The van der Waals surface area contributed by atoms with Crippen molar-refractivity contribution in [2.45, 2.75) is 86.0 Å². The highest BCUT2D eigenvalue weighted by Gasteiger charge is 2.23. The van der Waals surface area contributed by atoms with Gasteiger partial charge in [0.05, 0.1) is 0 Å². The van der Waals surface area contributed by atoms with Crippen molar-refractivity contribution in [2.75, 3.05) is 0 Å². The Balaban J connectivity index is 2.02. The minimum absolute atomic E-state index is 0.862. The van der Waals surface area contributed by atoms with E-state index in [0.29, 0.717) is 0 Å². The molecule has 18 heavy (non-hydrogen) atoms. The van der Waals surface area contributed by atoms with E-state index < -0.39 is 0 Å². The Hall–Kier alpha value is 0. The van der Waals surface area contributed by atoms with Crippen molar-refractivity contribution >= 4 is 0 Å². The van der Waals surface area contributed by atoms with Gasteiger partial charge in [0.25, 0.3) is 0 Å². The highest BCUT2D eigenvalue weighted by Crippen LogP contribution is 2.36. The highest BCUT2D eigenvalue weighted by molar-refractivity contribution is 4.75. The van der Waals surface area contributed by atoms with Crippen molar-refractivity contribution in [1.82, 2.24) is 0 Å². The van der Waals surface area contributed by atoms with Crippen LogP contribution in [0.1, 0.15) is 86.0 Å². The van der Waals surface area contributed by atoms with Crippen LogP contribution in [-0.4, -0.2) is 0 Å². The van der Waals surface area contributed by atoms with Gasteiger partial charge in [0, 0.05) is 0 Å². The third-order valence-electron chi connectivity index (χ3n) is 5.34. The lowest BCUT2D eigenvalue weighted by Crippen LogP contribution is -2.19. The molecule has 108 valence electrons. The van der Waals surface area contributed by atoms with Crippen molar-refractivity contribution in [3.8, 4) is 0 Å². The molecule has 0 aromatic carbocycles. The molecule has 0 aromatic heterocycles. The summed E-state index contributed by atoms with van der Waals surface area (Å²) in [5.41, 5.74) is 0. The molecule has 0 radical (unpaired) electrons. The molecule has 0 heteroatoms. The molecule has 0 N–H and O–H groups in total. The van der Waals surface area contributed by atoms with E-state index in [1.165, 1.54) is 51.4 Å². The average molecular weight is 252 g/mol. The van der Waals surface area contributed by atoms with Crippen molar-refractivity contribution in [1.29, 1.82) is 0 Å². The SMILES string of the molecule is CC(C)CC(C)C(C)CCCCC(C)C1CCC1. The van der Waals surface area contributed by atoms with Crippen LogP contribution in [0.5, 0.6) is 0 Å². The van der Waals surface area contributed by atoms with Crippen LogP contribution in [0, 0.1) is 29.6 Å². The van der Waals surface area contributed by atoms with Crippen LogP contribution in [0.25, 0.3) is 0 Å². The van der Waals surface area contributed by atoms with Gasteiger partial charge in [-0.15, -0.1) is 0 Å². The van der Waals surface area contributed by atoms with Crippen LogP contribution < -0.4 is 0 Å². The lowest BCUT2D eigenvalue weighted by atomic mass is 9.75. The van der Waals surface area contributed by atoms with Gasteiger partial charge in [-0.25, -0.2) is 0 Å². The normalized spacial score (nSPS) is 21.7. The van der Waals surface area contributed by atoms with Gasteiger partial charge in [0.15, 0.2) is 0 Å². The number of hydrogen-bond acceptors (Lipinski definition) is 0. The van der Waals surface area contributed by atoms with Crippen LogP contribution in [0.2, 0.25) is 0 Å². The number of unbranched alkanes of at least 4 members (excludes halogenated alkanes) is 1. The minimum atomic E-state index is 0.862. The second kappa shape index (κ2) is 8.23. The zero-order valence-electron chi connectivity index (χ0n) is 13.5. The summed E-state index contributed by atoms with van der Waals surface area (Å²) in [6.07, 6.45) is 11.8. The second-order valence-corrected chi connectivity index (χ2v) is 7.54. The van der Waals surface area contributed by atoms with Crippen LogP contribution in [0.3, 0.4) is 0 Å². The summed E-state index contributed by atoms with van der Waals surface area (Å²) in [7, 11) is 0. The third-order valence-corrected chi connectivity index (χ3v) is 5.34. The summed E-state index contributed by atoms with van der Waals surface area (Å²) in [5, 5.41) is 0. The third kappa shape index (κ3) is 5.76. The fourth-order valence-electron chi connectivity index (χ4n) is 3.44. The first-order chi connectivity index (χ1) is 8.50. The molecule has 0 saturated heterocycles. The molecule has 0 bridgehead atoms. The van der Waals surface area contributed by atoms with E-state index in [1.54, 1.807) is 0 Å². The van der Waals surface area contributed by atoms with E-state index >= 15 is 0 Å². The zero-order chi connectivity index (χ0) is 13.5. The smallest absolute Gasteiger partial charge is 0.0388 e. The van der Waals surface area contributed by atoms with Gasteiger partial charge < -0.3 is 0 Å². The quantitative estimate of drug-likeness (QED) is 0.422. The fraction of sp³-hybridized carbons (Fsp3) is 1.00. The van der Waals surface area contributed by atoms with Crippen LogP contribution in [0.15, 0.2) is 0 Å². The maximum Gasteiger partial charge on any atom is -0.0388 e. The van der Waals surface area contributed by atoms with E-state index in [-0.39, 0.29) is 0 Å². The first-order valence-corrected chi connectivity index (χ1v) is 8.50. The Morgan fingerprint density at radius 1 is 0.833 bits per heavy atom. The molecule has 0 aromatic rings. The van der Waals surface area contributed by atoms with Crippen molar-refractivity contribution < 1.29 is 0 Å². The Bertz CT molecular complexity index is 202. The Morgan fingerprint density at radius 2 is 1.44 bits per heavy atom. The van der Waals surface area contributed by atoms with Gasteiger partial charge in [-0.2, -0.15) is 0 Å². The molecule has 0 amide bonds.